The van der Waals surface area contributed by atoms with Crippen molar-refractivity contribution in [3.05, 3.63) is 59.9 Å². The van der Waals surface area contributed by atoms with E-state index < -0.39 is 10.0 Å². The van der Waals surface area contributed by atoms with Crippen LogP contribution in [0.3, 0.4) is 0 Å². The molecule has 0 saturated heterocycles. The third kappa shape index (κ3) is 3.05. The summed E-state index contributed by atoms with van der Waals surface area (Å²) in [6.07, 6.45) is 0. The van der Waals surface area contributed by atoms with Gasteiger partial charge >= 0.3 is 0 Å². The van der Waals surface area contributed by atoms with Crippen LogP contribution in [0.5, 0.6) is 0 Å². The van der Waals surface area contributed by atoms with Gasteiger partial charge in [-0.3, -0.25) is 0 Å². The van der Waals surface area contributed by atoms with E-state index in [-0.39, 0.29) is 27.8 Å². The number of sulfonamides is 1. The molecule has 26 heavy (non-hydrogen) atoms. The third-order valence-corrected chi connectivity index (χ3v) is 7.63. The summed E-state index contributed by atoms with van der Waals surface area (Å²) in [4.78, 5) is 0.638. The van der Waals surface area contributed by atoms with Gasteiger partial charge in [-0.25, -0.2) is 13.1 Å². The quantitative estimate of drug-likeness (QED) is 0.726. The third-order valence-electron chi connectivity index (χ3n) is 4.57. The van der Waals surface area contributed by atoms with Gasteiger partial charge in [-0.2, -0.15) is 5.26 Å². The number of nitrogens with one attached hydrogen (secondary N) is 1. The van der Waals surface area contributed by atoms with E-state index in [0.717, 1.165) is 16.9 Å². The van der Waals surface area contributed by atoms with Crippen LogP contribution in [0.15, 0.2) is 57.3 Å². The molecule has 1 saturated carbocycles. The number of hydrogen-bond acceptors (Lipinski definition) is 6. The fraction of sp³-hybridized carbons (Fsp3) is 0.222. The van der Waals surface area contributed by atoms with Crippen LogP contribution in [-0.4, -0.2) is 19.6 Å². The van der Waals surface area contributed by atoms with Gasteiger partial charge in [0, 0.05) is 18.0 Å². The predicted octanol–water partition coefficient (Wildman–Crippen LogP) is 3.36. The predicted molar refractivity (Wildman–Crippen MR) is 97.0 cm³/mol. The van der Waals surface area contributed by atoms with Crippen molar-refractivity contribution in [1.29, 1.82) is 5.26 Å². The molecule has 0 amide bonds. The standard InChI is InChI=1S/C18H15N3O3S2/c1-11-17(12-5-3-2-4-6-12)18(11)21-26(22,23)16-8-7-15(25-16)14-9-13(10-19)24-20-14/h2-9,11,17-18,21H,1H3/t11-,17-,18+/m1/s1. The van der Waals surface area contributed by atoms with Crippen molar-refractivity contribution in [2.24, 2.45) is 5.92 Å². The lowest BCUT2D eigenvalue weighted by molar-refractivity contribution is 0.412. The lowest BCUT2D eigenvalue weighted by Gasteiger charge is -2.04. The van der Waals surface area contributed by atoms with Crippen LogP contribution in [-0.2, 0) is 10.0 Å². The highest BCUT2D eigenvalue weighted by Crippen LogP contribution is 2.48. The van der Waals surface area contributed by atoms with Crippen LogP contribution in [0.25, 0.3) is 10.6 Å². The number of aromatic nitrogens is 1. The summed E-state index contributed by atoms with van der Waals surface area (Å²) in [6.45, 7) is 2.05. The maximum atomic E-state index is 12.7. The lowest BCUT2D eigenvalue weighted by Crippen LogP contribution is -2.27. The van der Waals surface area contributed by atoms with Crippen LogP contribution >= 0.6 is 11.3 Å². The average molecular weight is 385 g/mol. The van der Waals surface area contributed by atoms with Gasteiger partial charge in [-0.15, -0.1) is 11.3 Å². The maximum absolute atomic E-state index is 12.7. The first-order chi connectivity index (χ1) is 12.5. The summed E-state index contributed by atoms with van der Waals surface area (Å²) >= 11 is 1.10. The number of nitriles is 1. The topological polar surface area (TPSA) is 96.0 Å². The van der Waals surface area contributed by atoms with Crippen LogP contribution in [0.4, 0.5) is 0 Å². The Balaban J connectivity index is 1.52. The minimum Gasteiger partial charge on any atom is -0.345 e. The first-order valence-electron chi connectivity index (χ1n) is 8.04. The summed E-state index contributed by atoms with van der Waals surface area (Å²) in [5.74, 6) is 0.535. The van der Waals surface area contributed by atoms with Gasteiger partial charge in [0.25, 0.3) is 0 Å². The van der Waals surface area contributed by atoms with E-state index in [1.807, 2.05) is 43.3 Å². The second-order valence-corrected chi connectivity index (χ2v) is 9.27. The molecule has 0 spiro atoms. The second-order valence-electron chi connectivity index (χ2n) is 6.25. The Morgan fingerprint density at radius 2 is 2.00 bits per heavy atom. The molecule has 1 aliphatic carbocycles. The molecule has 1 aliphatic rings. The van der Waals surface area contributed by atoms with Crippen LogP contribution in [0.2, 0.25) is 0 Å². The Hall–Kier alpha value is -2.47. The Bertz CT molecular complexity index is 1080. The van der Waals surface area contributed by atoms with Crippen LogP contribution in [0.1, 0.15) is 24.2 Å². The summed E-state index contributed by atoms with van der Waals surface area (Å²) in [5, 5.41) is 12.6. The second kappa shape index (κ2) is 6.36. The van der Waals surface area contributed by atoms with E-state index in [4.69, 9.17) is 9.78 Å². The summed E-state index contributed by atoms with van der Waals surface area (Å²) < 4.78 is 33.3. The van der Waals surface area contributed by atoms with E-state index in [9.17, 15) is 8.42 Å². The summed E-state index contributed by atoms with van der Waals surface area (Å²) in [6, 6.07) is 16.4. The van der Waals surface area contributed by atoms with Crippen molar-refractivity contribution in [3.8, 4) is 16.6 Å². The first kappa shape index (κ1) is 17.0. The zero-order valence-electron chi connectivity index (χ0n) is 13.8. The summed E-state index contributed by atoms with van der Waals surface area (Å²) in [7, 11) is -3.61. The molecular formula is C18H15N3O3S2. The van der Waals surface area contributed by atoms with E-state index in [1.165, 1.54) is 6.07 Å². The number of benzene rings is 1. The first-order valence-corrected chi connectivity index (χ1v) is 10.3. The maximum Gasteiger partial charge on any atom is 0.250 e. The Kier molecular flexibility index (Phi) is 4.15. The highest BCUT2D eigenvalue weighted by atomic mass is 32.2. The molecule has 8 heteroatoms. The molecular weight excluding hydrogens is 370 g/mol. The smallest absolute Gasteiger partial charge is 0.250 e. The molecule has 2 aromatic heterocycles. The molecule has 132 valence electrons. The van der Waals surface area contributed by atoms with Crippen molar-refractivity contribution in [3.63, 3.8) is 0 Å². The molecule has 1 fully saturated rings. The van der Waals surface area contributed by atoms with Gasteiger partial charge in [0.2, 0.25) is 15.8 Å². The Morgan fingerprint density at radius 3 is 2.69 bits per heavy atom. The molecule has 4 rings (SSSR count). The molecule has 6 nitrogen and oxygen atoms in total. The van der Waals surface area contributed by atoms with Crippen molar-refractivity contribution < 1.29 is 12.9 Å². The number of hydrogen-bond donors (Lipinski definition) is 1. The van der Waals surface area contributed by atoms with Crippen LogP contribution in [0, 0.1) is 17.2 Å². The molecule has 0 aliphatic heterocycles. The van der Waals surface area contributed by atoms with Gasteiger partial charge in [-0.05, 0) is 23.6 Å². The summed E-state index contributed by atoms with van der Waals surface area (Å²) in [5.41, 5.74) is 1.60. The fourth-order valence-corrected chi connectivity index (χ4v) is 5.74. The molecule has 1 aromatic carbocycles. The minimum atomic E-state index is -3.61. The molecule has 0 radical (unpaired) electrons. The largest absolute Gasteiger partial charge is 0.345 e. The van der Waals surface area contributed by atoms with Gasteiger partial charge < -0.3 is 4.52 Å². The zero-order chi connectivity index (χ0) is 18.3. The monoisotopic (exact) mass is 385 g/mol. The molecule has 3 aromatic rings. The van der Waals surface area contributed by atoms with E-state index >= 15 is 0 Å². The van der Waals surface area contributed by atoms with Crippen molar-refractivity contribution in [2.75, 3.05) is 0 Å². The Labute approximate surface area is 155 Å². The minimum absolute atomic E-state index is 0.0911. The van der Waals surface area contributed by atoms with Crippen molar-refractivity contribution in [2.45, 2.75) is 23.1 Å². The van der Waals surface area contributed by atoms with Gasteiger partial charge in [0.15, 0.2) is 0 Å². The fourth-order valence-electron chi connectivity index (χ4n) is 3.11. The molecule has 2 heterocycles. The SMILES string of the molecule is C[C@H]1[C@H](NS(=O)(=O)c2ccc(-c3cc(C#N)on3)s2)[C@H]1c1ccccc1. The Morgan fingerprint density at radius 1 is 1.23 bits per heavy atom. The lowest BCUT2D eigenvalue weighted by atomic mass is 10.1. The van der Waals surface area contributed by atoms with Gasteiger partial charge in [0.1, 0.15) is 16.0 Å². The number of rotatable bonds is 5. The van der Waals surface area contributed by atoms with Gasteiger partial charge in [0.05, 0.1) is 4.88 Å². The highest BCUT2D eigenvalue weighted by molar-refractivity contribution is 7.91. The van der Waals surface area contributed by atoms with E-state index in [0.29, 0.717) is 10.6 Å². The van der Waals surface area contributed by atoms with E-state index in [1.54, 1.807) is 12.1 Å². The molecule has 1 N–H and O–H groups in total. The molecule has 3 atom stereocenters. The average Bonchev–Trinajstić information content (AvgIpc) is 3.09. The van der Waals surface area contributed by atoms with Crippen molar-refractivity contribution >= 4 is 21.4 Å². The van der Waals surface area contributed by atoms with Crippen molar-refractivity contribution in [1.82, 2.24) is 9.88 Å². The van der Waals surface area contributed by atoms with Crippen LogP contribution < -0.4 is 4.72 Å². The number of nitrogens with zero attached hydrogens (tertiary/aromatic N) is 2. The van der Waals surface area contributed by atoms with E-state index in [2.05, 4.69) is 9.88 Å². The highest BCUT2D eigenvalue weighted by Gasteiger charge is 2.49. The number of thiophene rings is 1. The van der Waals surface area contributed by atoms with Gasteiger partial charge in [-0.1, -0.05) is 42.4 Å². The molecule has 0 bridgehead atoms. The molecule has 0 unspecified atom stereocenters. The zero-order valence-corrected chi connectivity index (χ0v) is 15.4. The normalized spacial score (nSPS) is 22.1.